The van der Waals surface area contributed by atoms with E-state index in [9.17, 15) is 4.79 Å². The Morgan fingerprint density at radius 1 is 1.12 bits per heavy atom. The van der Waals surface area contributed by atoms with Crippen LogP contribution in [0.3, 0.4) is 0 Å². The highest BCUT2D eigenvalue weighted by Crippen LogP contribution is 2.32. The van der Waals surface area contributed by atoms with Crippen molar-refractivity contribution in [3.63, 3.8) is 0 Å². The first kappa shape index (κ1) is 17.0. The van der Waals surface area contributed by atoms with Crippen LogP contribution in [0.25, 0.3) is 10.9 Å². The normalized spacial score (nSPS) is 11.0. The van der Waals surface area contributed by atoms with Crippen molar-refractivity contribution in [2.24, 2.45) is 0 Å². The first-order chi connectivity index (χ1) is 12.1. The standard InChI is InChI=1S/C20H22N2O3/c1-21(2)11-12-25-19-14-22(20(23)15-7-5-4-6-8-15)18-10-9-16(24-3)13-17(18)19/h4-10,13-14H,11-12H2,1-3H3. The fourth-order valence-electron chi connectivity index (χ4n) is 2.65. The second kappa shape index (κ2) is 7.40. The zero-order valence-corrected chi connectivity index (χ0v) is 14.7. The summed E-state index contributed by atoms with van der Waals surface area (Å²) >= 11 is 0. The molecule has 3 aromatic rings. The number of fused-ring (bicyclic) bond motifs is 1. The molecule has 25 heavy (non-hydrogen) atoms. The van der Waals surface area contributed by atoms with Crippen LogP contribution in [0.5, 0.6) is 11.5 Å². The number of benzene rings is 2. The molecule has 1 aromatic heterocycles. The average molecular weight is 338 g/mol. The lowest BCUT2D eigenvalue weighted by Gasteiger charge is -2.10. The van der Waals surface area contributed by atoms with Gasteiger partial charge in [0.15, 0.2) is 0 Å². The molecule has 130 valence electrons. The smallest absolute Gasteiger partial charge is 0.262 e. The molecule has 0 fully saturated rings. The Balaban J connectivity index is 2.02. The van der Waals surface area contributed by atoms with Crippen molar-refractivity contribution in [2.45, 2.75) is 0 Å². The van der Waals surface area contributed by atoms with Crippen LogP contribution >= 0.6 is 0 Å². The summed E-state index contributed by atoms with van der Waals surface area (Å²) in [6.07, 6.45) is 1.76. The number of carbonyl (C=O) groups excluding carboxylic acids is 1. The van der Waals surface area contributed by atoms with Gasteiger partial charge in [-0.3, -0.25) is 9.36 Å². The van der Waals surface area contributed by atoms with E-state index in [1.54, 1.807) is 17.9 Å². The van der Waals surface area contributed by atoms with Gasteiger partial charge in [0.1, 0.15) is 18.1 Å². The van der Waals surface area contributed by atoms with E-state index < -0.39 is 0 Å². The topological polar surface area (TPSA) is 43.7 Å². The molecule has 0 aliphatic carbocycles. The molecule has 0 bridgehead atoms. The number of nitrogens with zero attached hydrogens (tertiary/aromatic N) is 2. The van der Waals surface area contributed by atoms with Crippen molar-refractivity contribution in [3.8, 4) is 11.5 Å². The zero-order valence-electron chi connectivity index (χ0n) is 14.7. The largest absolute Gasteiger partial charge is 0.497 e. The Morgan fingerprint density at radius 2 is 1.88 bits per heavy atom. The van der Waals surface area contributed by atoms with E-state index in [4.69, 9.17) is 9.47 Å². The maximum Gasteiger partial charge on any atom is 0.262 e. The SMILES string of the molecule is COc1ccc2c(c1)c(OCCN(C)C)cn2C(=O)c1ccccc1. The molecule has 1 heterocycles. The quantitative estimate of drug-likeness (QED) is 0.692. The van der Waals surface area contributed by atoms with Gasteiger partial charge in [-0.1, -0.05) is 18.2 Å². The fourth-order valence-corrected chi connectivity index (χ4v) is 2.65. The summed E-state index contributed by atoms with van der Waals surface area (Å²) in [5.41, 5.74) is 1.43. The molecule has 3 rings (SSSR count). The van der Waals surface area contributed by atoms with Crippen molar-refractivity contribution in [1.82, 2.24) is 9.47 Å². The van der Waals surface area contributed by atoms with E-state index in [0.29, 0.717) is 17.9 Å². The number of ether oxygens (including phenoxy) is 2. The highest BCUT2D eigenvalue weighted by atomic mass is 16.5. The lowest BCUT2D eigenvalue weighted by atomic mass is 10.2. The Bertz CT molecular complexity index is 869. The van der Waals surface area contributed by atoms with Crippen LogP contribution in [0.4, 0.5) is 0 Å². The average Bonchev–Trinajstić information content (AvgIpc) is 2.99. The van der Waals surface area contributed by atoms with Gasteiger partial charge in [-0.25, -0.2) is 0 Å². The number of rotatable bonds is 6. The van der Waals surface area contributed by atoms with Gasteiger partial charge in [0, 0.05) is 17.5 Å². The van der Waals surface area contributed by atoms with Gasteiger partial charge in [-0.05, 0) is 44.4 Å². The number of hydrogen-bond acceptors (Lipinski definition) is 4. The number of likely N-dealkylation sites (N-methyl/N-ethyl adjacent to an activating group) is 1. The third-order valence-corrected chi connectivity index (χ3v) is 4.01. The van der Waals surface area contributed by atoms with Crippen molar-refractivity contribution in [3.05, 3.63) is 60.3 Å². The van der Waals surface area contributed by atoms with Crippen molar-refractivity contribution in [1.29, 1.82) is 0 Å². The van der Waals surface area contributed by atoms with E-state index in [1.807, 2.05) is 62.6 Å². The van der Waals surface area contributed by atoms with E-state index >= 15 is 0 Å². The van der Waals surface area contributed by atoms with Crippen LogP contribution in [0, 0.1) is 0 Å². The Morgan fingerprint density at radius 3 is 2.56 bits per heavy atom. The lowest BCUT2D eigenvalue weighted by Crippen LogP contribution is -2.19. The molecule has 0 aliphatic heterocycles. The van der Waals surface area contributed by atoms with Gasteiger partial charge in [0.25, 0.3) is 5.91 Å². The summed E-state index contributed by atoms with van der Waals surface area (Å²) < 4.78 is 12.9. The lowest BCUT2D eigenvalue weighted by molar-refractivity contribution is 0.0964. The van der Waals surface area contributed by atoms with Gasteiger partial charge in [-0.2, -0.15) is 0 Å². The van der Waals surface area contributed by atoms with Crippen molar-refractivity contribution >= 4 is 16.8 Å². The molecule has 0 spiro atoms. The molecule has 0 saturated carbocycles. The van der Waals surface area contributed by atoms with Crippen LogP contribution in [-0.4, -0.2) is 49.7 Å². The third kappa shape index (κ3) is 3.67. The molecule has 2 aromatic carbocycles. The maximum atomic E-state index is 12.9. The van der Waals surface area contributed by atoms with Gasteiger partial charge >= 0.3 is 0 Å². The van der Waals surface area contributed by atoms with Gasteiger partial charge in [0.05, 0.1) is 18.8 Å². The molecule has 0 atom stereocenters. The monoisotopic (exact) mass is 338 g/mol. The van der Waals surface area contributed by atoms with Crippen molar-refractivity contribution in [2.75, 3.05) is 34.4 Å². The van der Waals surface area contributed by atoms with Gasteiger partial charge in [-0.15, -0.1) is 0 Å². The number of hydrogen-bond donors (Lipinski definition) is 0. The molecular weight excluding hydrogens is 316 g/mol. The molecule has 5 heteroatoms. The molecular formula is C20H22N2O3. The Hall–Kier alpha value is -2.79. The second-order valence-corrected chi connectivity index (χ2v) is 6.07. The summed E-state index contributed by atoms with van der Waals surface area (Å²) in [5, 5.41) is 0.863. The van der Waals surface area contributed by atoms with E-state index in [0.717, 1.165) is 23.2 Å². The van der Waals surface area contributed by atoms with E-state index in [2.05, 4.69) is 4.90 Å². The third-order valence-electron chi connectivity index (χ3n) is 4.01. The number of carbonyl (C=O) groups is 1. The molecule has 0 radical (unpaired) electrons. The molecule has 0 N–H and O–H groups in total. The van der Waals surface area contributed by atoms with E-state index in [1.165, 1.54) is 0 Å². The van der Waals surface area contributed by atoms with Crippen LogP contribution in [0.1, 0.15) is 10.4 Å². The molecule has 0 unspecified atom stereocenters. The first-order valence-electron chi connectivity index (χ1n) is 8.16. The molecule has 5 nitrogen and oxygen atoms in total. The van der Waals surface area contributed by atoms with Gasteiger partial charge < -0.3 is 14.4 Å². The van der Waals surface area contributed by atoms with Crippen molar-refractivity contribution < 1.29 is 14.3 Å². The fraction of sp³-hybridized carbons (Fsp3) is 0.250. The number of aromatic nitrogens is 1. The Kier molecular flexibility index (Phi) is 5.05. The highest BCUT2D eigenvalue weighted by Gasteiger charge is 2.17. The Labute approximate surface area is 147 Å². The van der Waals surface area contributed by atoms with Crippen LogP contribution < -0.4 is 9.47 Å². The first-order valence-corrected chi connectivity index (χ1v) is 8.16. The van der Waals surface area contributed by atoms with Crippen LogP contribution in [0.15, 0.2) is 54.7 Å². The molecule has 0 amide bonds. The molecule has 0 saturated heterocycles. The highest BCUT2D eigenvalue weighted by molar-refractivity contribution is 6.04. The summed E-state index contributed by atoms with van der Waals surface area (Å²) in [6.45, 7) is 1.34. The second-order valence-electron chi connectivity index (χ2n) is 6.07. The van der Waals surface area contributed by atoms with Gasteiger partial charge in [0.2, 0.25) is 0 Å². The summed E-state index contributed by atoms with van der Waals surface area (Å²) in [5.74, 6) is 1.33. The minimum Gasteiger partial charge on any atom is -0.497 e. The van der Waals surface area contributed by atoms with Crippen LogP contribution in [0.2, 0.25) is 0 Å². The zero-order chi connectivity index (χ0) is 17.8. The molecule has 0 aliphatic rings. The minimum atomic E-state index is -0.0850. The van der Waals surface area contributed by atoms with Crippen LogP contribution in [-0.2, 0) is 0 Å². The summed E-state index contributed by atoms with van der Waals surface area (Å²) in [6, 6.07) is 14.9. The minimum absolute atomic E-state index is 0.0850. The van der Waals surface area contributed by atoms with E-state index in [-0.39, 0.29) is 5.91 Å². The summed E-state index contributed by atoms with van der Waals surface area (Å²) in [7, 11) is 5.61. The predicted octanol–water partition coefficient (Wildman–Crippen LogP) is 3.28. The predicted molar refractivity (Wildman–Crippen MR) is 98.7 cm³/mol. The maximum absolute atomic E-state index is 12.9. The summed E-state index contributed by atoms with van der Waals surface area (Å²) in [4.78, 5) is 14.9. The number of methoxy groups -OCH3 is 1.